The number of hydrogen-bond donors (Lipinski definition) is 2. The van der Waals surface area contributed by atoms with E-state index < -0.39 is 0 Å². The maximum Gasteiger partial charge on any atom is 0.151 e. The summed E-state index contributed by atoms with van der Waals surface area (Å²) in [6.07, 6.45) is 2.02. The van der Waals surface area contributed by atoms with E-state index in [0.717, 1.165) is 55.7 Å². The predicted octanol–water partition coefficient (Wildman–Crippen LogP) is 4.54. The number of rotatable bonds is 4. The molecule has 4 nitrogen and oxygen atoms in total. The van der Waals surface area contributed by atoms with Crippen LogP contribution in [0, 0.1) is 0 Å². The van der Waals surface area contributed by atoms with Crippen molar-refractivity contribution in [1.82, 2.24) is 9.97 Å². The van der Waals surface area contributed by atoms with Gasteiger partial charge >= 0.3 is 0 Å². The van der Waals surface area contributed by atoms with Crippen LogP contribution in [0.25, 0.3) is 32.2 Å². The Bertz CT molecular complexity index is 1070. The van der Waals surface area contributed by atoms with Crippen LogP contribution in [0.2, 0.25) is 0 Å². The molecule has 0 spiro atoms. The Labute approximate surface area is 150 Å². The summed E-state index contributed by atoms with van der Waals surface area (Å²) >= 11 is 1.70. The van der Waals surface area contributed by atoms with Gasteiger partial charge in [0.2, 0.25) is 0 Å². The van der Waals surface area contributed by atoms with Crippen LogP contribution in [0.4, 0.5) is 5.82 Å². The molecule has 5 heteroatoms. The molecule has 0 amide bonds. The van der Waals surface area contributed by atoms with Crippen LogP contribution in [0.3, 0.4) is 0 Å². The highest BCUT2D eigenvalue weighted by molar-refractivity contribution is 7.19. The molecular formula is C20H19N3OS. The van der Waals surface area contributed by atoms with Crippen molar-refractivity contribution in [3.63, 3.8) is 0 Å². The first-order valence-electron chi connectivity index (χ1n) is 8.39. The fourth-order valence-electron chi connectivity index (χ4n) is 3.15. The minimum Gasteiger partial charge on any atom is -0.392 e. The van der Waals surface area contributed by atoms with Crippen molar-refractivity contribution in [1.29, 1.82) is 0 Å². The van der Waals surface area contributed by atoms with E-state index in [-0.39, 0.29) is 6.61 Å². The lowest BCUT2D eigenvalue weighted by atomic mass is 9.99. The lowest BCUT2D eigenvalue weighted by Gasteiger charge is -2.09. The van der Waals surface area contributed by atoms with E-state index in [1.165, 1.54) is 0 Å². The van der Waals surface area contributed by atoms with Crippen molar-refractivity contribution in [3.05, 3.63) is 53.0 Å². The van der Waals surface area contributed by atoms with E-state index in [0.29, 0.717) is 5.82 Å². The summed E-state index contributed by atoms with van der Waals surface area (Å²) in [6, 6.07) is 14.1. The molecule has 0 saturated carbocycles. The Morgan fingerprint density at radius 1 is 1.12 bits per heavy atom. The molecule has 2 aromatic heterocycles. The third-order valence-corrected chi connectivity index (χ3v) is 5.51. The molecule has 0 saturated heterocycles. The zero-order valence-electron chi connectivity index (χ0n) is 14.0. The molecule has 126 valence electrons. The molecule has 2 aromatic carbocycles. The fourth-order valence-corrected chi connectivity index (χ4v) is 4.36. The minimum atomic E-state index is 0.0119. The number of benzene rings is 2. The van der Waals surface area contributed by atoms with Gasteiger partial charge in [0.25, 0.3) is 0 Å². The topological polar surface area (TPSA) is 72.0 Å². The second kappa shape index (κ2) is 6.43. The number of nitrogens with zero attached hydrogens (tertiary/aromatic N) is 2. The van der Waals surface area contributed by atoms with Crippen molar-refractivity contribution in [2.24, 2.45) is 0 Å². The van der Waals surface area contributed by atoms with Gasteiger partial charge < -0.3 is 10.8 Å². The highest BCUT2D eigenvalue weighted by Gasteiger charge is 2.13. The molecule has 4 aromatic rings. The lowest BCUT2D eigenvalue weighted by molar-refractivity contribution is 0.282. The van der Waals surface area contributed by atoms with E-state index in [1.807, 2.05) is 30.3 Å². The van der Waals surface area contributed by atoms with Gasteiger partial charge in [-0.3, -0.25) is 0 Å². The van der Waals surface area contributed by atoms with Crippen LogP contribution in [0.5, 0.6) is 0 Å². The van der Waals surface area contributed by atoms with Crippen molar-refractivity contribution < 1.29 is 5.11 Å². The maximum absolute atomic E-state index is 9.59. The molecule has 0 fully saturated rings. The van der Waals surface area contributed by atoms with Gasteiger partial charge in [0, 0.05) is 5.39 Å². The number of pyridine rings is 1. The second-order valence-electron chi connectivity index (χ2n) is 6.08. The van der Waals surface area contributed by atoms with Crippen LogP contribution >= 0.6 is 11.3 Å². The van der Waals surface area contributed by atoms with Crippen LogP contribution in [-0.2, 0) is 13.0 Å². The Morgan fingerprint density at radius 2 is 1.96 bits per heavy atom. The quantitative estimate of drug-likeness (QED) is 0.567. The number of thiazole rings is 1. The first-order chi connectivity index (χ1) is 12.2. The molecule has 0 unspecified atom stereocenters. The number of anilines is 1. The summed E-state index contributed by atoms with van der Waals surface area (Å²) in [5.74, 6) is 0.480. The maximum atomic E-state index is 9.59. The smallest absolute Gasteiger partial charge is 0.151 e. The van der Waals surface area contributed by atoms with E-state index in [9.17, 15) is 5.11 Å². The van der Waals surface area contributed by atoms with E-state index >= 15 is 0 Å². The molecule has 25 heavy (non-hydrogen) atoms. The first-order valence-corrected chi connectivity index (χ1v) is 9.20. The highest BCUT2D eigenvalue weighted by Crippen LogP contribution is 2.35. The summed E-state index contributed by atoms with van der Waals surface area (Å²) in [4.78, 5) is 9.24. The zero-order chi connectivity index (χ0) is 17.4. The van der Waals surface area contributed by atoms with Gasteiger partial charge in [-0.2, -0.15) is 0 Å². The van der Waals surface area contributed by atoms with Crippen molar-refractivity contribution in [3.8, 4) is 11.1 Å². The number of aromatic nitrogens is 2. The van der Waals surface area contributed by atoms with Crippen molar-refractivity contribution >= 4 is 38.3 Å². The Hall–Kier alpha value is -2.50. The molecule has 3 N–H and O–H groups in total. The summed E-state index contributed by atoms with van der Waals surface area (Å²) in [6.45, 7) is 2.16. The third kappa shape index (κ3) is 2.75. The number of aliphatic hydroxyl groups is 1. The SMILES string of the molecule is CCCc1nc2c(N)nc3cc(-c4ccccc4CO)ccc3c2s1. The first kappa shape index (κ1) is 16.0. The van der Waals surface area contributed by atoms with Gasteiger partial charge in [-0.15, -0.1) is 11.3 Å². The average molecular weight is 349 g/mol. The van der Waals surface area contributed by atoms with Gasteiger partial charge in [0.15, 0.2) is 5.82 Å². The molecule has 0 bridgehead atoms. The number of aliphatic hydroxyl groups excluding tert-OH is 1. The Balaban J connectivity index is 1.93. The summed E-state index contributed by atoms with van der Waals surface area (Å²) in [5.41, 5.74) is 10.8. The second-order valence-corrected chi connectivity index (χ2v) is 7.16. The normalized spacial score (nSPS) is 11.4. The van der Waals surface area contributed by atoms with Crippen LogP contribution < -0.4 is 5.73 Å². The van der Waals surface area contributed by atoms with Gasteiger partial charge in [-0.05, 0) is 35.6 Å². The molecular weight excluding hydrogens is 330 g/mol. The number of aryl methyl sites for hydroxylation is 1. The van der Waals surface area contributed by atoms with Crippen molar-refractivity contribution in [2.45, 2.75) is 26.4 Å². The van der Waals surface area contributed by atoms with Gasteiger partial charge in [-0.25, -0.2) is 9.97 Å². The predicted molar refractivity (Wildman–Crippen MR) is 105 cm³/mol. The monoisotopic (exact) mass is 349 g/mol. The molecule has 0 atom stereocenters. The summed E-state index contributed by atoms with van der Waals surface area (Å²) in [7, 11) is 0. The average Bonchev–Trinajstić information content (AvgIpc) is 3.06. The van der Waals surface area contributed by atoms with Gasteiger partial charge in [0.1, 0.15) is 5.52 Å². The standard InChI is InChI=1S/C20H19N3OS/c1-2-5-17-23-18-19(25-17)15-9-8-12(10-16(15)22-20(18)21)14-7-4-3-6-13(14)11-24/h3-4,6-10,24H,2,5,11H2,1H3,(H2,21,22). The summed E-state index contributed by atoms with van der Waals surface area (Å²) < 4.78 is 1.10. The minimum absolute atomic E-state index is 0.0119. The zero-order valence-corrected chi connectivity index (χ0v) is 14.8. The van der Waals surface area contributed by atoms with E-state index in [1.54, 1.807) is 11.3 Å². The Kier molecular flexibility index (Phi) is 4.11. The van der Waals surface area contributed by atoms with Crippen LogP contribution in [0.15, 0.2) is 42.5 Å². The number of hydrogen-bond acceptors (Lipinski definition) is 5. The number of nitrogens with two attached hydrogens (primary N) is 1. The van der Waals surface area contributed by atoms with Gasteiger partial charge in [0.05, 0.1) is 21.8 Å². The summed E-state index contributed by atoms with van der Waals surface area (Å²) in [5, 5.41) is 11.8. The van der Waals surface area contributed by atoms with Crippen molar-refractivity contribution in [2.75, 3.05) is 5.73 Å². The largest absolute Gasteiger partial charge is 0.392 e. The fraction of sp³-hybridized carbons (Fsp3) is 0.200. The number of fused-ring (bicyclic) bond motifs is 3. The number of nitrogen functional groups attached to an aromatic ring is 1. The molecule has 0 aliphatic carbocycles. The third-order valence-electron chi connectivity index (χ3n) is 4.36. The van der Waals surface area contributed by atoms with Crippen LogP contribution in [0.1, 0.15) is 23.9 Å². The molecule has 0 aliphatic heterocycles. The molecule has 4 rings (SSSR count). The van der Waals surface area contributed by atoms with E-state index in [2.05, 4.69) is 29.0 Å². The Morgan fingerprint density at radius 3 is 2.76 bits per heavy atom. The van der Waals surface area contributed by atoms with Gasteiger partial charge in [-0.1, -0.05) is 43.3 Å². The van der Waals surface area contributed by atoms with Crippen LogP contribution in [-0.4, -0.2) is 15.1 Å². The lowest BCUT2D eigenvalue weighted by Crippen LogP contribution is -1.94. The molecule has 2 heterocycles. The molecule has 0 radical (unpaired) electrons. The van der Waals surface area contributed by atoms with E-state index in [4.69, 9.17) is 5.73 Å². The molecule has 0 aliphatic rings. The highest BCUT2D eigenvalue weighted by atomic mass is 32.1.